The Balaban J connectivity index is 1.84. The highest BCUT2D eigenvalue weighted by Gasteiger charge is 2.15. The lowest BCUT2D eigenvalue weighted by atomic mass is 9.98. The van der Waals surface area contributed by atoms with Gasteiger partial charge in [-0.1, -0.05) is 31.2 Å². The molecule has 1 saturated heterocycles. The summed E-state index contributed by atoms with van der Waals surface area (Å²) in [5.74, 6) is 0.887. The summed E-state index contributed by atoms with van der Waals surface area (Å²) in [4.78, 5) is 14.0. The Morgan fingerprint density at radius 2 is 2.05 bits per heavy atom. The Labute approximate surface area is 127 Å². The van der Waals surface area contributed by atoms with E-state index >= 15 is 0 Å². The van der Waals surface area contributed by atoms with Crippen LogP contribution in [0.25, 0.3) is 0 Å². The lowest BCUT2D eigenvalue weighted by molar-refractivity contribution is -0.121. The van der Waals surface area contributed by atoms with Crippen LogP contribution in [-0.4, -0.2) is 30.4 Å². The fraction of sp³-hybridized carbons (Fsp3) is 0.588. The molecule has 2 rings (SSSR count). The topological polar surface area (TPSA) is 58.4 Å². The molecule has 0 atom stereocenters. The number of piperidine rings is 1. The molecule has 21 heavy (non-hydrogen) atoms. The Kier molecular flexibility index (Phi) is 6.21. The summed E-state index contributed by atoms with van der Waals surface area (Å²) < 4.78 is 0. The highest BCUT2D eigenvalue weighted by atomic mass is 16.1. The predicted octanol–water partition coefficient (Wildman–Crippen LogP) is 1.88. The fourth-order valence-electron chi connectivity index (χ4n) is 2.74. The zero-order valence-electron chi connectivity index (χ0n) is 13.0. The summed E-state index contributed by atoms with van der Waals surface area (Å²) in [5, 5.41) is 2.90. The van der Waals surface area contributed by atoms with E-state index in [0.29, 0.717) is 19.5 Å². The number of benzene rings is 1. The predicted molar refractivity (Wildman–Crippen MR) is 85.6 cm³/mol. The molecule has 0 saturated carbocycles. The van der Waals surface area contributed by atoms with Gasteiger partial charge >= 0.3 is 0 Å². The van der Waals surface area contributed by atoms with Crippen LogP contribution < -0.4 is 11.1 Å². The first-order chi connectivity index (χ1) is 10.2. The molecular weight excluding hydrogens is 262 g/mol. The van der Waals surface area contributed by atoms with Crippen LogP contribution in [0.2, 0.25) is 0 Å². The van der Waals surface area contributed by atoms with E-state index in [9.17, 15) is 4.79 Å². The van der Waals surface area contributed by atoms with Crippen LogP contribution in [0.4, 0.5) is 0 Å². The largest absolute Gasteiger partial charge is 0.352 e. The molecule has 1 heterocycles. The van der Waals surface area contributed by atoms with E-state index in [2.05, 4.69) is 41.4 Å². The van der Waals surface area contributed by atoms with Gasteiger partial charge in [0.1, 0.15) is 0 Å². The molecule has 1 aromatic rings. The first kappa shape index (κ1) is 16.0. The first-order valence-electron chi connectivity index (χ1n) is 7.94. The maximum Gasteiger partial charge on any atom is 0.221 e. The number of amides is 1. The number of nitrogens with two attached hydrogens (primary N) is 1. The molecule has 1 aliphatic rings. The molecule has 1 aliphatic heterocycles. The van der Waals surface area contributed by atoms with Gasteiger partial charge in [0, 0.05) is 26.1 Å². The second-order valence-electron chi connectivity index (χ2n) is 6.09. The van der Waals surface area contributed by atoms with Crippen molar-refractivity contribution in [3.05, 3.63) is 35.4 Å². The Bertz CT molecular complexity index is 453. The molecule has 0 radical (unpaired) electrons. The smallest absolute Gasteiger partial charge is 0.221 e. The quantitative estimate of drug-likeness (QED) is 0.841. The second-order valence-corrected chi connectivity index (χ2v) is 6.09. The minimum atomic E-state index is 0.0212. The zero-order valence-corrected chi connectivity index (χ0v) is 13.0. The summed E-state index contributed by atoms with van der Waals surface area (Å²) in [6.07, 6.45) is 3.00. The minimum Gasteiger partial charge on any atom is -0.352 e. The van der Waals surface area contributed by atoms with E-state index in [1.165, 1.54) is 31.5 Å². The third-order valence-electron chi connectivity index (χ3n) is 4.13. The van der Waals surface area contributed by atoms with Crippen LogP contribution in [0.1, 0.15) is 37.3 Å². The average molecular weight is 289 g/mol. The number of carbonyl (C=O) groups excluding carboxylic acids is 1. The molecule has 1 amide bonds. The van der Waals surface area contributed by atoms with Crippen molar-refractivity contribution in [2.45, 2.75) is 39.3 Å². The van der Waals surface area contributed by atoms with Gasteiger partial charge in [-0.25, -0.2) is 0 Å². The monoisotopic (exact) mass is 289 g/mol. The van der Waals surface area contributed by atoms with E-state index in [1.54, 1.807) is 0 Å². The Morgan fingerprint density at radius 1 is 1.33 bits per heavy atom. The highest BCUT2D eigenvalue weighted by Crippen LogP contribution is 2.18. The number of hydrogen-bond donors (Lipinski definition) is 2. The molecule has 1 aromatic carbocycles. The van der Waals surface area contributed by atoms with Gasteiger partial charge in [0.15, 0.2) is 0 Å². The van der Waals surface area contributed by atoms with Crippen molar-refractivity contribution in [2.24, 2.45) is 11.7 Å². The van der Waals surface area contributed by atoms with Gasteiger partial charge in [-0.2, -0.15) is 0 Å². The maximum absolute atomic E-state index is 11.4. The number of carbonyl (C=O) groups is 1. The van der Waals surface area contributed by atoms with Crippen LogP contribution in [0.5, 0.6) is 0 Å². The van der Waals surface area contributed by atoms with Gasteiger partial charge in [0.05, 0.1) is 0 Å². The van der Waals surface area contributed by atoms with Crippen molar-refractivity contribution in [1.82, 2.24) is 10.2 Å². The van der Waals surface area contributed by atoms with Crippen molar-refractivity contribution >= 4 is 5.91 Å². The zero-order chi connectivity index (χ0) is 15.1. The fourth-order valence-corrected chi connectivity index (χ4v) is 2.74. The molecule has 4 heteroatoms. The molecule has 0 aliphatic carbocycles. The third kappa shape index (κ3) is 5.48. The summed E-state index contributed by atoms with van der Waals surface area (Å²) in [6.45, 7) is 6.72. The minimum absolute atomic E-state index is 0.0212. The number of nitrogens with zero attached hydrogens (tertiary/aromatic N) is 1. The Morgan fingerprint density at radius 3 is 2.76 bits per heavy atom. The van der Waals surface area contributed by atoms with Crippen LogP contribution in [0.3, 0.4) is 0 Å². The molecule has 3 N–H and O–H groups in total. The van der Waals surface area contributed by atoms with Gasteiger partial charge in [-0.3, -0.25) is 9.69 Å². The normalized spacial score (nSPS) is 16.9. The maximum atomic E-state index is 11.4. The van der Waals surface area contributed by atoms with Gasteiger partial charge in [-0.15, -0.1) is 0 Å². The lowest BCUT2D eigenvalue weighted by Crippen LogP contribution is -2.32. The van der Waals surface area contributed by atoms with Crippen molar-refractivity contribution in [3.63, 3.8) is 0 Å². The van der Waals surface area contributed by atoms with Crippen LogP contribution in [0.15, 0.2) is 24.3 Å². The number of rotatable bonds is 6. The van der Waals surface area contributed by atoms with Gasteiger partial charge in [0.25, 0.3) is 0 Å². The second kappa shape index (κ2) is 8.15. The summed E-state index contributed by atoms with van der Waals surface area (Å²) in [6, 6.07) is 8.50. The highest BCUT2D eigenvalue weighted by molar-refractivity contribution is 5.76. The molecule has 1 fully saturated rings. The molecular formula is C17H27N3O. The lowest BCUT2D eigenvalue weighted by Gasteiger charge is -2.30. The number of likely N-dealkylation sites (tertiary alicyclic amines) is 1. The molecule has 4 nitrogen and oxygen atoms in total. The van der Waals surface area contributed by atoms with Crippen LogP contribution in [0, 0.1) is 5.92 Å². The van der Waals surface area contributed by atoms with Crippen molar-refractivity contribution in [3.8, 4) is 0 Å². The average Bonchev–Trinajstić information content (AvgIpc) is 2.48. The molecule has 0 bridgehead atoms. The standard InChI is InChI=1S/C17H27N3O/c1-14-6-9-20(10-7-14)13-16-4-2-3-15(11-16)12-19-17(21)5-8-18/h2-4,11,14H,5-10,12-13,18H2,1H3,(H,19,21). The van der Waals surface area contributed by atoms with E-state index in [4.69, 9.17) is 5.73 Å². The first-order valence-corrected chi connectivity index (χ1v) is 7.94. The van der Waals surface area contributed by atoms with E-state index in [-0.39, 0.29) is 5.91 Å². The van der Waals surface area contributed by atoms with Crippen molar-refractivity contribution in [1.29, 1.82) is 0 Å². The van der Waals surface area contributed by atoms with Gasteiger partial charge < -0.3 is 11.1 Å². The molecule has 116 valence electrons. The molecule has 0 spiro atoms. The summed E-state index contributed by atoms with van der Waals surface area (Å²) in [7, 11) is 0. The summed E-state index contributed by atoms with van der Waals surface area (Å²) in [5.41, 5.74) is 7.85. The number of nitrogens with one attached hydrogen (secondary N) is 1. The van der Waals surface area contributed by atoms with Gasteiger partial charge in [-0.05, 0) is 43.0 Å². The van der Waals surface area contributed by atoms with Crippen molar-refractivity contribution in [2.75, 3.05) is 19.6 Å². The molecule has 0 unspecified atom stereocenters. The molecule has 0 aromatic heterocycles. The van der Waals surface area contributed by atoms with Crippen LogP contribution >= 0.6 is 0 Å². The SMILES string of the molecule is CC1CCN(Cc2cccc(CNC(=O)CCN)c2)CC1. The van der Waals surface area contributed by atoms with E-state index in [0.717, 1.165) is 18.0 Å². The van der Waals surface area contributed by atoms with Crippen LogP contribution in [-0.2, 0) is 17.9 Å². The third-order valence-corrected chi connectivity index (χ3v) is 4.13. The Hall–Kier alpha value is -1.39. The van der Waals surface area contributed by atoms with E-state index in [1.807, 2.05) is 0 Å². The number of hydrogen-bond acceptors (Lipinski definition) is 3. The van der Waals surface area contributed by atoms with Gasteiger partial charge in [0.2, 0.25) is 5.91 Å². The van der Waals surface area contributed by atoms with Crippen molar-refractivity contribution < 1.29 is 4.79 Å². The summed E-state index contributed by atoms with van der Waals surface area (Å²) >= 11 is 0. The van der Waals surface area contributed by atoms with E-state index < -0.39 is 0 Å².